The molecule has 1 amide bonds. The first-order valence-electron chi connectivity index (χ1n) is 5.85. The smallest absolute Gasteiger partial charge is 0.273 e. The van der Waals surface area contributed by atoms with E-state index in [1.54, 1.807) is 5.10 Å². The summed E-state index contributed by atoms with van der Waals surface area (Å²) in [4.78, 5) is 11.6. The lowest BCUT2D eigenvalue weighted by Gasteiger charge is -1.99. The van der Waals surface area contributed by atoms with Crippen molar-refractivity contribution in [2.24, 2.45) is 12.1 Å². The third-order valence-corrected chi connectivity index (χ3v) is 2.67. The van der Waals surface area contributed by atoms with E-state index in [0.29, 0.717) is 11.8 Å². The van der Waals surface area contributed by atoms with Gasteiger partial charge >= 0.3 is 6.18 Å². The number of carbonyl (C=O) groups is 1. The van der Waals surface area contributed by atoms with Crippen LogP contribution in [-0.4, -0.2) is 32.1 Å². The second kappa shape index (κ2) is 5.58. The van der Waals surface area contributed by atoms with Crippen LogP contribution in [0.1, 0.15) is 27.4 Å². The molecule has 0 saturated carbocycles. The number of H-pyrrole nitrogens is 1. The van der Waals surface area contributed by atoms with Crippen LogP contribution in [-0.2, 0) is 13.2 Å². The molecular weight excluding hydrogens is 308 g/mol. The van der Waals surface area contributed by atoms with E-state index in [1.165, 1.54) is 14.0 Å². The standard InChI is InChI=1S/C11H10F4N6O/c1-5-6(9(12)21(2)20-5)4-16-19-10(22)7-3-8(18-17-7)11(13,14)15/h3-4H,1-2H3,(H,17,18)(H,19,22)/b16-4-. The Balaban J connectivity index is 2.07. The van der Waals surface area contributed by atoms with Crippen molar-refractivity contribution >= 4 is 12.1 Å². The molecule has 2 aromatic heterocycles. The summed E-state index contributed by atoms with van der Waals surface area (Å²) >= 11 is 0. The maximum atomic E-state index is 13.6. The molecule has 2 N–H and O–H groups in total. The molecule has 11 heteroatoms. The third-order valence-electron chi connectivity index (χ3n) is 2.67. The van der Waals surface area contributed by atoms with E-state index in [2.05, 4.69) is 15.3 Å². The molecule has 0 fully saturated rings. The number of aromatic amines is 1. The van der Waals surface area contributed by atoms with Gasteiger partial charge in [-0.3, -0.25) is 9.89 Å². The largest absolute Gasteiger partial charge is 0.432 e. The molecule has 0 aromatic carbocycles. The first-order chi connectivity index (χ1) is 10.2. The number of carbonyl (C=O) groups excluding carboxylic acids is 1. The molecule has 2 heterocycles. The van der Waals surface area contributed by atoms with Crippen molar-refractivity contribution in [3.8, 4) is 0 Å². The van der Waals surface area contributed by atoms with Gasteiger partial charge in [-0.25, -0.2) is 10.1 Å². The summed E-state index contributed by atoms with van der Waals surface area (Å²) in [5.74, 6) is -1.63. The number of nitrogens with zero attached hydrogens (tertiary/aromatic N) is 4. The van der Waals surface area contributed by atoms with E-state index >= 15 is 0 Å². The molecule has 2 aromatic rings. The summed E-state index contributed by atoms with van der Waals surface area (Å²) < 4.78 is 51.6. The zero-order chi connectivity index (χ0) is 16.5. The number of alkyl halides is 3. The van der Waals surface area contributed by atoms with Crippen LogP contribution >= 0.6 is 0 Å². The number of rotatable bonds is 3. The van der Waals surface area contributed by atoms with Gasteiger partial charge in [0.25, 0.3) is 5.91 Å². The minimum atomic E-state index is -4.63. The minimum absolute atomic E-state index is 0.0563. The summed E-state index contributed by atoms with van der Waals surface area (Å²) in [7, 11) is 1.39. The van der Waals surface area contributed by atoms with E-state index in [4.69, 9.17) is 0 Å². The predicted octanol–water partition coefficient (Wildman–Crippen LogP) is 1.37. The van der Waals surface area contributed by atoms with Gasteiger partial charge in [-0.2, -0.15) is 32.9 Å². The van der Waals surface area contributed by atoms with Gasteiger partial charge in [0.1, 0.15) is 5.69 Å². The number of hydrazone groups is 1. The first kappa shape index (κ1) is 15.7. The lowest BCUT2D eigenvalue weighted by atomic mass is 10.3. The van der Waals surface area contributed by atoms with Crippen LogP contribution < -0.4 is 5.43 Å². The van der Waals surface area contributed by atoms with Gasteiger partial charge < -0.3 is 0 Å². The average molecular weight is 318 g/mol. The average Bonchev–Trinajstić information content (AvgIpc) is 2.99. The highest BCUT2D eigenvalue weighted by atomic mass is 19.4. The Labute approximate surface area is 121 Å². The van der Waals surface area contributed by atoms with Crippen LogP contribution in [0.15, 0.2) is 11.2 Å². The highest BCUT2D eigenvalue weighted by Gasteiger charge is 2.33. The summed E-state index contributed by atoms with van der Waals surface area (Å²) in [5, 5.41) is 12.2. The molecule has 0 atom stereocenters. The number of hydrogen-bond acceptors (Lipinski definition) is 4. The van der Waals surface area contributed by atoms with Gasteiger partial charge in [-0.1, -0.05) is 0 Å². The molecule has 2 rings (SSSR count). The van der Waals surface area contributed by atoms with Gasteiger partial charge in [0, 0.05) is 13.1 Å². The molecule has 0 saturated heterocycles. The van der Waals surface area contributed by atoms with E-state index < -0.39 is 29.4 Å². The molecule has 0 spiro atoms. The number of nitrogens with one attached hydrogen (secondary N) is 2. The van der Waals surface area contributed by atoms with Crippen LogP contribution in [0, 0.1) is 12.9 Å². The molecule has 0 bridgehead atoms. The normalized spacial score (nSPS) is 12.1. The van der Waals surface area contributed by atoms with Crippen LogP contribution in [0.4, 0.5) is 17.6 Å². The minimum Gasteiger partial charge on any atom is -0.273 e. The van der Waals surface area contributed by atoms with Crippen molar-refractivity contribution in [1.82, 2.24) is 25.4 Å². The number of aryl methyl sites for hydroxylation is 2. The predicted molar refractivity (Wildman–Crippen MR) is 66.6 cm³/mol. The van der Waals surface area contributed by atoms with E-state index in [1.807, 2.05) is 5.43 Å². The number of halogens is 4. The van der Waals surface area contributed by atoms with Crippen molar-refractivity contribution in [3.63, 3.8) is 0 Å². The maximum Gasteiger partial charge on any atom is 0.432 e. The SMILES string of the molecule is Cc1nn(C)c(F)c1/C=N\NC(=O)c1cc(C(F)(F)F)[nH]n1. The lowest BCUT2D eigenvalue weighted by Crippen LogP contribution is -2.18. The van der Waals surface area contributed by atoms with Gasteiger partial charge in [-0.15, -0.1) is 0 Å². The number of aromatic nitrogens is 4. The Kier molecular flexibility index (Phi) is 3.97. The second-order valence-electron chi connectivity index (χ2n) is 4.28. The molecule has 7 nitrogen and oxygen atoms in total. The topological polar surface area (TPSA) is 88.0 Å². The number of hydrogen-bond donors (Lipinski definition) is 2. The Bertz CT molecular complexity index is 730. The zero-order valence-electron chi connectivity index (χ0n) is 11.4. The zero-order valence-corrected chi connectivity index (χ0v) is 11.4. The van der Waals surface area contributed by atoms with Gasteiger partial charge in [0.15, 0.2) is 5.69 Å². The second-order valence-corrected chi connectivity index (χ2v) is 4.28. The highest BCUT2D eigenvalue weighted by molar-refractivity contribution is 5.93. The molecular formula is C11H10F4N6O. The van der Waals surface area contributed by atoms with Gasteiger partial charge in [0.2, 0.25) is 5.95 Å². The van der Waals surface area contributed by atoms with Crippen molar-refractivity contribution in [1.29, 1.82) is 0 Å². The molecule has 118 valence electrons. The van der Waals surface area contributed by atoms with Gasteiger partial charge in [-0.05, 0) is 6.92 Å². The van der Waals surface area contributed by atoms with Crippen LogP contribution in [0.2, 0.25) is 0 Å². The molecule has 0 aliphatic heterocycles. The molecule has 0 aliphatic rings. The fraction of sp³-hybridized carbons (Fsp3) is 0.273. The summed E-state index contributed by atoms with van der Waals surface area (Å²) in [6, 6.07) is 0.542. The fourth-order valence-electron chi connectivity index (χ4n) is 1.59. The van der Waals surface area contributed by atoms with Crippen molar-refractivity contribution in [3.05, 3.63) is 34.7 Å². The third kappa shape index (κ3) is 3.13. The van der Waals surface area contributed by atoms with Crippen molar-refractivity contribution < 1.29 is 22.4 Å². The summed E-state index contributed by atoms with van der Waals surface area (Å²) in [5.41, 5.74) is 0.704. The maximum absolute atomic E-state index is 13.6. The molecule has 0 unspecified atom stereocenters. The van der Waals surface area contributed by atoms with Gasteiger partial charge in [0.05, 0.1) is 17.5 Å². The van der Waals surface area contributed by atoms with E-state index in [0.717, 1.165) is 10.9 Å². The fourth-order valence-corrected chi connectivity index (χ4v) is 1.59. The monoisotopic (exact) mass is 318 g/mol. The van der Waals surface area contributed by atoms with Crippen LogP contribution in [0.3, 0.4) is 0 Å². The summed E-state index contributed by atoms with van der Waals surface area (Å²) in [6.07, 6.45) is -3.63. The highest BCUT2D eigenvalue weighted by Crippen LogP contribution is 2.27. The summed E-state index contributed by atoms with van der Waals surface area (Å²) in [6.45, 7) is 1.54. The molecule has 22 heavy (non-hydrogen) atoms. The van der Waals surface area contributed by atoms with Crippen LogP contribution in [0.5, 0.6) is 0 Å². The Hall–Kier alpha value is -2.72. The Morgan fingerprint density at radius 1 is 1.50 bits per heavy atom. The molecule has 0 radical (unpaired) electrons. The lowest BCUT2D eigenvalue weighted by molar-refractivity contribution is -0.141. The number of amides is 1. The quantitative estimate of drug-likeness (QED) is 0.509. The van der Waals surface area contributed by atoms with Crippen molar-refractivity contribution in [2.45, 2.75) is 13.1 Å². The van der Waals surface area contributed by atoms with E-state index in [9.17, 15) is 22.4 Å². The molecule has 0 aliphatic carbocycles. The van der Waals surface area contributed by atoms with E-state index in [-0.39, 0.29) is 5.56 Å². The first-order valence-corrected chi connectivity index (χ1v) is 5.85. The Morgan fingerprint density at radius 3 is 2.68 bits per heavy atom. The van der Waals surface area contributed by atoms with Crippen molar-refractivity contribution in [2.75, 3.05) is 0 Å². The van der Waals surface area contributed by atoms with Crippen LogP contribution in [0.25, 0.3) is 0 Å². The Morgan fingerprint density at radius 2 is 2.18 bits per heavy atom.